The Morgan fingerprint density at radius 2 is 1.76 bits per heavy atom. The molecule has 9 heteroatoms. The molecule has 0 atom stereocenters. The van der Waals surface area contributed by atoms with Crippen molar-refractivity contribution in [3.8, 4) is 22.4 Å². The minimum Gasteiger partial charge on any atom is -0.383 e. The topological polar surface area (TPSA) is 106 Å². The number of hydrogen-bond donors (Lipinski definition) is 2. The van der Waals surface area contributed by atoms with Crippen LogP contribution in [0.3, 0.4) is 0 Å². The third-order valence-electron chi connectivity index (χ3n) is 6.22. The number of fused-ring (bicyclic) bond motifs is 2. The van der Waals surface area contributed by atoms with Gasteiger partial charge in [0.1, 0.15) is 17.8 Å². The van der Waals surface area contributed by atoms with Gasteiger partial charge in [0, 0.05) is 42.7 Å². The number of anilines is 2. The van der Waals surface area contributed by atoms with Crippen LogP contribution in [0.5, 0.6) is 0 Å². The summed E-state index contributed by atoms with van der Waals surface area (Å²) in [6.07, 6.45) is 1.46. The number of aryl methyl sites for hydroxylation is 1. The fourth-order valence-electron chi connectivity index (χ4n) is 4.37. The lowest BCUT2D eigenvalue weighted by Crippen LogP contribution is -2.20. The van der Waals surface area contributed by atoms with Crippen LogP contribution in [-0.4, -0.2) is 45.3 Å². The first-order chi connectivity index (χ1) is 17.7. The first-order valence-corrected chi connectivity index (χ1v) is 12.4. The average Bonchev–Trinajstić information content (AvgIpc) is 3.43. The summed E-state index contributed by atoms with van der Waals surface area (Å²) in [5.74, 6) is 0.142. The maximum Gasteiger partial charge on any atom is 0.263 e. The first-order valence-electron chi connectivity index (χ1n) is 11.6. The van der Waals surface area contributed by atoms with E-state index in [0.717, 1.165) is 37.9 Å². The van der Waals surface area contributed by atoms with Gasteiger partial charge in [0.2, 0.25) is 0 Å². The minimum absolute atomic E-state index is 0.0231. The van der Waals surface area contributed by atoms with Crippen LogP contribution in [-0.2, 0) is 11.8 Å². The number of carbonyl (C=O) groups excluding carboxylic acids is 2. The summed E-state index contributed by atoms with van der Waals surface area (Å²) in [4.78, 5) is 35.6. The SMILES string of the molecule is C=C(C)C(=O)Nc1ccc(-c2c(-c3ccc4sc(C(=O)N(C)C)cc4c3)c3c(N)ncnc3n2C)cc1. The van der Waals surface area contributed by atoms with Gasteiger partial charge < -0.3 is 20.5 Å². The quantitative estimate of drug-likeness (QED) is 0.312. The van der Waals surface area contributed by atoms with Crippen LogP contribution in [0, 0.1) is 0 Å². The molecule has 0 saturated heterocycles. The van der Waals surface area contributed by atoms with Crippen molar-refractivity contribution in [2.75, 3.05) is 25.1 Å². The Labute approximate surface area is 218 Å². The number of nitrogens with one attached hydrogen (secondary N) is 1. The molecule has 0 bridgehead atoms. The van der Waals surface area contributed by atoms with E-state index in [0.29, 0.717) is 27.6 Å². The van der Waals surface area contributed by atoms with Crippen molar-refractivity contribution in [1.82, 2.24) is 19.4 Å². The monoisotopic (exact) mass is 510 g/mol. The Kier molecular flexibility index (Phi) is 6.01. The van der Waals surface area contributed by atoms with Gasteiger partial charge in [-0.15, -0.1) is 11.3 Å². The van der Waals surface area contributed by atoms with Crippen LogP contribution in [0.1, 0.15) is 16.6 Å². The standard InChI is InChI=1S/C28H26N6O2S/c1-15(2)27(35)32-19-9-6-16(7-10-19)24-22(23-25(29)30-14-31-26(23)34(24)5)17-8-11-20-18(12-17)13-21(37-20)28(36)33(3)4/h6-14H,1H2,2-5H3,(H,32,35)(H2,29,30,31). The summed E-state index contributed by atoms with van der Waals surface area (Å²) >= 11 is 1.47. The molecule has 0 fully saturated rings. The highest BCUT2D eigenvalue weighted by molar-refractivity contribution is 7.20. The van der Waals surface area contributed by atoms with Crippen LogP contribution in [0.25, 0.3) is 43.5 Å². The predicted octanol–water partition coefficient (Wildman–Crippen LogP) is 5.32. The number of carbonyl (C=O) groups is 2. The highest BCUT2D eigenvalue weighted by Gasteiger charge is 2.22. The van der Waals surface area contributed by atoms with Crippen molar-refractivity contribution in [2.24, 2.45) is 7.05 Å². The molecule has 3 N–H and O–H groups in total. The van der Waals surface area contributed by atoms with E-state index >= 15 is 0 Å². The molecule has 5 aromatic rings. The van der Waals surface area contributed by atoms with Crippen molar-refractivity contribution in [2.45, 2.75) is 6.92 Å². The molecule has 8 nitrogen and oxygen atoms in total. The van der Waals surface area contributed by atoms with Crippen molar-refractivity contribution in [1.29, 1.82) is 0 Å². The van der Waals surface area contributed by atoms with Crippen LogP contribution >= 0.6 is 11.3 Å². The molecule has 2 aromatic carbocycles. The lowest BCUT2D eigenvalue weighted by molar-refractivity contribution is -0.112. The number of nitrogens with zero attached hydrogens (tertiary/aromatic N) is 4. The molecule has 0 unspecified atom stereocenters. The molecule has 37 heavy (non-hydrogen) atoms. The summed E-state index contributed by atoms with van der Waals surface area (Å²) in [5, 5.41) is 4.58. The molecule has 2 amide bonds. The van der Waals surface area contributed by atoms with E-state index in [9.17, 15) is 9.59 Å². The molecular formula is C28H26N6O2S. The van der Waals surface area contributed by atoms with Crippen molar-refractivity contribution in [3.05, 3.63) is 71.9 Å². The van der Waals surface area contributed by atoms with Gasteiger partial charge in [-0.3, -0.25) is 9.59 Å². The zero-order valence-electron chi connectivity index (χ0n) is 21.0. The van der Waals surface area contributed by atoms with Crippen LogP contribution in [0.4, 0.5) is 11.5 Å². The normalized spacial score (nSPS) is 11.1. The molecule has 0 saturated carbocycles. The Balaban J connectivity index is 1.69. The third kappa shape index (κ3) is 4.23. The molecule has 0 aliphatic rings. The van der Waals surface area contributed by atoms with E-state index in [1.54, 1.807) is 25.9 Å². The number of aromatic nitrogens is 3. The van der Waals surface area contributed by atoms with Crippen LogP contribution in [0.2, 0.25) is 0 Å². The second kappa shape index (κ2) is 9.18. The highest BCUT2D eigenvalue weighted by Crippen LogP contribution is 2.43. The van der Waals surface area contributed by atoms with Gasteiger partial charge in [-0.25, -0.2) is 9.97 Å². The maximum atomic E-state index is 12.5. The Morgan fingerprint density at radius 3 is 2.43 bits per heavy atom. The van der Waals surface area contributed by atoms with Crippen molar-refractivity contribution < 1.29 is 9.59 Å². The van der Waals surface area contributed by atoms with Gasteiger partial charge in [-0.05, 0) is 53.8 Å². The maximum absolute atomic E-state index is 12.5. The molecule has 3 aromatic heterocycles. The van der Waals surface area contributed by atoms with Crippen molar-refractivity contribution >= 4 is 55.8 Å². The summed E-state index contributed by atoms with van der Waals surface area (Å²) in [6.45, 7) is 5.35. The summed E-state index contributed by atoms with van der Waals surface area (Å²) in [5.41, 5.74) is 11.9. The smallest absolute Gasteiger partial charge is 0.263 e. The van der Waals surface area contributed by atoms with E-state index in [-0.39, 0.29) is 11.8 Å². The van der Waals surface area contributed by atoms with E-state index in [1.165, 1.54) is 17.7 Å². The predicted molar refractivity (Wildman–Crippen MR) is 151 cm³/mol. The summed E-state index contributed by atoms with van der Waals surface area (Å²) in [6, 6.07) is 15.7. The second-order valence-electron chi connectivity index (χ2n) is 9.11. The number of rotatable bonds is 5. The van der Waals surface area contributed by atoms with Gasteiger partial charge in [-0.2, -0.15) is 0 Å². The van der Waals surface area contributed by atoms with E-state index in [1.807, 2.05) is 54.1 Å². The molecule has 3 heterocycles. The molecular weight excluding hydrogens is 484 g/mol. The Bertz CT molecular complexity index is 1710. The lowest BCUT2D eigenvalue weighted by atomic mass is 9.97. The summed E-state index contributed by atoms with van der Waals surface area (Å²) in [7, 11) is 5.44. The fraction of sp³-hybridized carbons (Fsp3) is 0.143. The van der Waals surface area contributed by atoms with Crippen molar-refractivity contribution in [3.63, 3.8) is 0 Å². The van der Waals surface area contributed by atoms with Gasteiger partial charge in [-0.1, -0.05) is 24.8 Å². The molecule has 0 aliphatic heterocycles. The summed E-state index contributed by atoms with van der Waals surface area (Å²) < 4.78 is 3.03. The molecule has 0 aliphatic carbocycles. The molecule has 5 rings (SSSR count). The van der Waals surface area contributed by atoms with E-state index in [4.69, 9.17) is 5.73 Å². The molecule has 0 radical (unpaired) electrons. The number of hydrogen-bond acceptors (Lipinski definition) is 6. The average molecular weight is 511 g/mol. The largest absolute Gasteiger partial charge is 0.383 e. The third-order valence-corrected chi connectivity index (χ3v) is 7.33. The fourth-order valence-corrected chi connectivity index (χ4v) is 5.43. The van der Waals surface area contributed by atoms with Crippen LogP contribution in [0.15, 0.2) is 67.0 Å². The highest BCUT2D eigenvalue weighted by atomic mass is 32.1. The van der Waals surface area contributed by atoms with Gasteiger partial charge in [0.05, 0.1) is 16.0 Å². The Hall–Kier alpha value is -4.50. The van der Waals surface area contributed by atoms with Gasteiger partial charge in [0.25, 0.3) is 11.8 Å². The minimum atomic E-state index is -0.225. The first kappa shape index (κ1) is 24.2. The zero-order valence-corrected chi connectivity index (χ0v) is 21.8. The number of nitrogen functional groups attached to an aromatic ring is 1. The number of amides is 2. The second-order valence-corrected chi connectivity index (χ2v) is 10.2. The molecule has 186 valence electrons. The number of nitrogens with two attached hydrogens (primary N) is 1. The number of thiophene rings is 1. The molecule has 0 spiro atoms. The van der Waals surface area contributed by atoms with E-state index < -0.39 is 0 Å². The Morgan fingerprint density at radius 1 is 1.05 bits per heavy atom. The zero-order chi connectivity index (χ0) is 26.4. The van der Waals surface area contributed by atoms with E-state index in [2.05, 4.69) is 27.9 Å². The number of benzene rings is 2. The van der Waals surface area contributed by atoms with Gasteiger partial charge in [0.15, 0.2) is 0 Å². The lowest BCUT2D eigenvalue weighted by Gasteiger charge is -2.11. The van der Waals surface area contributed by atoms with Crippen LogP contribution < -0.4 is 11.1 Å². The van der Waals surface area contributed by atoms with Gasteiger partial charge >= 0.3 is 0 Å².